The molecule has 0 radical (unpaired) electrons. The summed E-state index contributed by atoms with van der Waals surface area (Å²) in [6, 6.07) is 2.56. The topological polar surface area (TPSA) is 348 Å². The molecule has 4 rings (SSSR count). The van der Waals surface area contributed by atoms with Crippen LogP contribution in [0.1, 0.15) is 103 Å². The van der Waals surface area contributed by atoms with E-state index in [1.807, 2.05) is 6.92 Å². The monoisotopic (exact) mass is 941 g/mol. The lowest BCUT2D eigenvalue weighted by Crippen LogP contribution is -2.66. The Bertz CT molecular complexity index is 1990. The van der Waals surface area contributed by atoms with Crippen molar-refractivity contribution in [1.29, 1.82) is 0 Å². The zero-order valence-corrected chi connectivity index (χ0v) is 38.6. The average molecular weight is 942 g/mol. The standard InChI is InChI=1S/C44H67N11O12/c1-4-6-25-66-42(63)44(55(64)65)29(41(62)67-26-28-13-8-7-9-14-28)20-24-54(44)39(60)33-17-12-23-53(33)40(61)35(27(3)5-2)51-36(57)31(18-19-34(46)56)50-37(58)32-16-11-22-52(32)38(59)30(45)15-10-21-49-43(47)48/h7-9,13-14,27,29-33,35H,4-6,10-12,15-26,45H2,1-3H3,(H2,46,56)(H,50,58)(H,51,57)(H4,47,48,49)/t27-,29?,30-,31-,32-,33-,35-,44+/m0/s1. The second-order valence-corrected chi connectivity index (χ2v) is 17.3. The van der Waals surface area contributed by atoms with Crippen LogP contribution in [0.5, 0.6) is 0 Å². The molecule has 0 spiro atoms. The predicted octanol–water partition coefficient (Wildman–Crippen LogP) is -0.461. The Kier molecular flexibility index (Phi) is 19.8. The summed E-state index contributed by atoms with van der Waals surface area (Å²) in [4.78, 5) is 130. The SMILES string of the molecule is CCCCOC(=O)[C@]1([N+](=O)[O-])C(C(=O)OCc2ccccc2)CCN1C(=O)[C@@H]1CCCN1C(=O)[C@@H](NC(=O)[C@H](CCC(N)=O)NC(=O)[C@@H]1CCCN1C(=O)[C@@H](N)CCCN=C(N)N)[C@@H](C)CC. The molecule has 10 N–H and O–H groups in total. The van der Waals surface area contributed by atoms with Gasteiger partial charge in [0, 0.05) is 32.6 Å². The summed E-state index contributed by atoms with van der Waals surface area (Å²) in [7, 11) is 0. The molecule has 67 heavy (non-hydrogen) atoms. The average Bonchev–Trinajstić information content (AvgIpc) is 4.09. The third-order valence-electron chi connectivity index (χ3n) is 12.7. The molecule has 8 atom stereocenters. The molecular weight excluding hydrogens is 875 g/mol. The molecule has 3 aliphatic heterocycles. The lowest BCUT2D eigenvalue weighted by atomic mass is 9.92. The number of nitrogens with one attached hydrogen (secondary N) is 2. The summed E-state index contributed by atoms with van der Waals surface area (Å²) >= 11 is 0. The van der Waals surface area contributed by atoms with E-state index < -0.39 is 107 Å². The van der Waals surface area contributed by atoms with Gasteiger partial charge in [0.2, 0.25) is 29.5 Å². The minimum atomic E-state index is -3.01. The fourth-order valence-electron chi connectivity index (χ4n) is 8.74. The largest absolute Gasteiger partial charge is 0.460 e. The van der Waals surface area contributed by atoms with Crippen molar-refractivity contribution in [3.63, 3.8) is 0 Å². The number of unbranched alkanes of at least 4 members (excludes halogenated alkanes) is 1. The van der Waals surface area contributed by atoms with Gasteiger partial charge < -0.3 is 52.8 Å². The quantitative estimate of drug-likeness (QED) is 0.0191. The number of amides is 6. The van der Waals surface area contributed by atoms with Crippen LogP contribution in [0.3, 0.4) is 0 Å². The number of esters is 2. The highest BCUT2D eigenvalue weighted by Gasteiger charge is 2.72. The number of carbonyl (C=O) groups is 8. The fraction of sp³-hybridized carbons (Fsp3) is 0.659. The van der Waals surface area contributed by atoms with Crippen LogP contribution < -0.4 is 33.6 Å². The highest BCUT2D eigenvalue weighted by Crippen LogP contribution is 2.40. The van der Waals surface area contributed by atoms with Gasteiger partial charge in [0.05, 0.1) is 17.6 Å². The van der Waals surface area contributed by atoms with Crippen LogP contribution in [0, 0.1) is 22.0 Å². The highest BCUT2D eigenvalue weighted by molar-refractivity contribution is 5.98. The van der Waals surface area contributed by atoms with Gasteiger partial charge in [-0.25, -0.2) is 4.79 Å². The zero-order valence-electron chi connectivity index (χ0n) is 38.6. The summed E-state index contributed by atoms with van der Waals surface area (Å²) in [6.45, 7) is 4.89. The molecule has 0 aromatic heterocycles. The van der Waals surface area contributed by atoms with Gasteiger partial charge in [-0.05, 0) is 69.3 Å². The van der Waals surface area contributed by atoms with Crippen molar-refractivity contribution < 1.29 is 52.8 Å². The van der Waals surface area contributed by atoms with Gasteiger partial charge in [0.15, 0.2) is 11.9 Å². The third kappa shape index (κ3) is 13.2. The minimum Gasteiger partial charge on any atom is -0.460 e. The molecule has 0 saturated carbocycles. The molecular formula is C44H67N11O12. The number of rotatable bonds is 24. The Hall–Kier alpha value is -6.39. The molecule has 0 bridgehead atoms. The first-order valence-electron chi connectivity index (χ1n) is 23.0. The van der Waals surface area contributed by atoms with E-state index in [0.29, 0.717) is 37.7 Å². The number of guanidine groups is 1. The molecule has 23 nitrogen and oxygen atoms in total. The molecule has 1 unspecified atom stereocenters. The molecule has 370 valence electrons. The number of aliphatic imine (C=N–C) groups is 1. The number of nitrogens with two attached hydrogens (primary N) is 4. The molecule has 0 aliphatic carbocycles. The highest BCUT2D eigenvalue weighted by atomic mass is 16.6. The first-order valence-corrected chi connectivity index (χ1v) is 23.0. The van der Waals surface area contributed by atoms with Crippen LogP contribution in [-0.4, -0.2) is 142 Å². The van der Waals surface area contributed by atoms with Crippen LogP contribution in [0.2, 0.25) is 0 Å². The Labute approximate surface area is 389 Å². The van der Waals surface area contributed by atoms with Crippen molar-refractivity contribution in [2.24, 2.45) is 39.8 Å². The number of likely N-dealkylation sites (tertiary alicyclic amines) is 3. The molecule has 3 fully saturated rings. The third-order valence-corrected chi connectivity index (χ3v) is 12.7. The van der Waals surface area contributed by atoms with Crippen LogP contribution >= 0.6 is 0 Å². The Morgan fingerprint density at radius 1 is 0.881 bits per heavy atom. The van der Waals surface area contributed by atoms with Crippen molar-refractivity contribution in [3.05, 3.63) is 46.0 Å². The van der Waals surface area contributed by atoms with E-state index in [-0.39, 0.29) is 83.8 Å². The number of carbonyl (C=O) groups excluding carboxylic acids is 8. The Morgan fingerprint density at radius 3 is 2.15 bits per heavy atom. The fourth-order valence-corrected chi connectivity index (χ4v) is 8.74. The van der Waals surface area contributed by atoms with Gasteiger partial charge >= 0.3 is 17.6 Å². The molecule has 1 aromatic carbocycles. The first-order chi connectivity index (χ1) is 31.9. The predicted molar refractivity (Wildman–Crippen MR) is 241 cm³/mol. The number of hydrogen-bond acceptors (Lipinski definition) is 14. The van der Waals surface area contributed by atoms with E-state index in [9.17, 15) is 48.5 Å². The summed E-state index contributed by atoms with van der Waals surface area (Å²) < 4.78 is 10.9. The van der Waals surface area contributed by atoms with Crippen LogP contribution in [-0.2, 0) is 54.4 Å². The lowest BCUT2D eigenvalue weighted by Gasteiger charge is -2.36. The normalized spacial score (nSPS) is 21.9. The second-order valence-electron chi connectivity index (χ2n) is 17.3. The number of benzene rings is 1. The van der Waals surface area contributed by atoms with Gasteiger partial charge in [0.25, 0.3) is 5.91 Å². The molecule has 6 amide bonds. The number of hydrogen-bond donors (Lipinski definition) is 6. The van der Waals surface area contributed by atoms with E-state index in [1.54, 1.807) is 44.2 Å². The zero-order chi connectivity index (χ0) is 49.4. The van der Waals surface area contributed by atoms with Crippen LogP contribution in [0.15, 0.2) is 35.3 Å². The Morgan fingerprint density at radius 2 is 1.54 bits per heavy atom. The van der Waals surface area contributed by atoms with Crippen molar-refractivity contribution in [2.75, 3.05) is 32.8 Å². The molecule has 3 aliphatic rings. The second kappa shape index (κ2) is 24.9. The number of nitro groups is 1. The van der Waals surface area contributed by atoms with E-state index in [1.165, 1.54) is 9.80 Å². The summed E-state index contributed by atoms with van der Waals surface area (Å²) in [6.07, 6.45) is 2.09. The number of ether oxygens (including phenoxy) is 2. The molecule has 1 aromatic rings. The Balaban J connectivity index is 1.57. The van der Waals surface area contributed by atoms with Crippen molar-refractivity contribution in [2.45, 2.75) is 140 Å². The maximum absolute atomic E-state index is 14.7. The summed E-state index contributed by atoms with van der Waals surface area (Å²) in [5, 5.41) is 18.6. The van der Waals surface area contributed by atoms with Crippen molar-refractivity contribution in [1.82, 2.24) is 25.3 Å². The maximum Gasteiger partial charge on any atom is 0.408 e. The lowest BCUT2D eigenvalue weighted by molar-refractivity contribution is -0.583. The summed E-state index contributed by atoms with van der Waals surface area (Å²) in [5.74, 6) is -9.35. The minimum absolute atomic E-state index is 0.00461. The van der Waals surface area contributed by atoms with Gasteiger partial charge in [-0.15, -0.1) is 0 Å². The number of nitrogens with zero attached hydrogens (tertiary/aromatic N) is 5. The van der Waals surface area contributed by atoms with E-state index in [4.69, 9.17) is 32.4 Å². The van der Waals surface area contributed by atoms with Crippen molar-refractivity contribution in [3.8, 4) is 0 Å². The van der Waals surface area contributed by atoms with E-state index >= 15 is 0 Å². The smallest absolute Gasteiger partial charge is 0.408 e. The number of primary amides is 1. The van der Waals surface area contributed by atoms with E-state index in [0.717, 1.165) is 4.90 Å². The van der Waals surface area contributed by atoms with Crippen LogP contribution in [0.25, 0.3) is 0 Å². The molecule has 3 saturated heterocycles. The van der Waals surface area contributed by atoms with Gasteiger partial charge in [-0.1, -0.05) is 63.9 Å². The maximum atomic E-state index is 14.7. The van der Waals surface area contributed by atoms with Crippen LogP contribution in [0.4, 0.5) is 0 Å². The van der Waals surface area contributed by atoms with E-state index in [2.05, 4.69) is 15.6 Å². The molecule has 23 heteroatoms. The molecule has 3 heterocycles. The van der Waals surface area contributed by atoms with Gasteiger partial charge in [-0.2, -0.15) is 0 Å². The van der Waals surface area contributed by atoms with Gasteiger partial charge in [0.1, 0.15) is 30.8 Å². The van der Waals surface area contributed by atoms with Crippen molar-refractivity contribution >= 4 is 53.3 Å². The van der Waals surface area contributed by atoms with Gasteiger partial charge in [-0.3, -0.25) is 53.6 Å². The summed E-state index contributed by atoms with van der Waals surface area (Å²) in [5.41, 5.74) is 19.9. The first kappa shape index (κ1) is 53.2.